The number of aromatic amines is 1. The topological polar surface area (TPSA) is 99.5 Å². The van der Waals surface area contributed by atoms with Gasteiger partial charge in [-0.1, -0.05) is 0 Å². The quantitative estimate of drug-likeness (QED) is 0.770. The lowest BCUT2D eigenvalue weighted by Gasteiger charge is -2.21. The lowest BCUT2D eigenvalue weighted by molar-refractivity contribution is -0.119. The lowest BCUT2D eigenvalue weighted by Crippen LogP contribution is -2.39. The smallest absolute Gasteiger partial charge is 0.259 e. The standard InChI is InChI=1S/C14H20N4O3/c1-10-7-12(19)11(8-16-10)14(21)18-4-2-3-17(5-6-18)9-13(15)20/h7-8H,2-6,9H2,1H3,(H2,15,20)(H,16,19). The fraction of sp³-hybridized carbons (Fsp3) is 0.500. The van der Waals surface area contributed by atoms with E-state index in [2.05, 4.69) is 4.98 Å². The number of H-pyrrole nitrogens is 1. The summed E-state index contributed by atoms with van der Waals surface area (Å²) in [6.45, 7) is 4.33. The number of nitrogens with zero attached hydrogens (tertiary/aromatic N) is 2. The Kier molecular flexibility index (Phi) is 4.74. The van der Waals surface area contributed by atoms with Crippen LogP contribution in [-0.4, -0.2) is 59.3 Å². The molecule has 0 unspecified atom stereocenters. The molecule has 2 heterocycles. The van der Waals surface area contributed by atoms with Crippen molar-refractivity contribution in [1.29, 1.82) is 0 Å². The third-order valence-corrected chi connectivity index (χ3v) is 3.54. The molecule has 1 saturated heterocycles. The molecule has 0 saturated carbocycles. The molecule has 3 N–H and O–H groups in total. The normalized spacial score (nSPS) is 16.5. The number of nitrogens with one attached hydrogen (secondary N) is 1. The molecule has 0 aromatic carbocycles. The van der Waals surface area contributed by atoms with Crippen molar-refractivity contribution in [1.82, 2.24) is 14.8 Å². The molecule has 0 bridgehead atoms. The summed E-state index contributed by atoms with van der Waals surface area (Å²) in [6.07, 6.45) is 2.22. The maximum Gasteiger partial charge on any atom is 0.259 e. The molecule has 21 heavy (non-hydrogen) atoms. The summed E-state index contributed by atoms with van der Waals surface area (Å²) in [5.41, 5.74) is 5.80. The minimum absolute atomic E-state index is 0.156. The Labute approximate surface area is 122 Å². The summed E-state index contributed by atoms with van der Waals surface area (Å²) in [6, 6.07) is 1.42. The maximum absolute atomic E-state index is 12.4. The summed E-state index contributed by atoms with van der Waals surface area (Å²) in [7, 11) is 0. The zero-order valence-electron chi connectivity index (χ0n) is 12.1. The zero-order valence-corrected chi connectivity index (χ0v) is 12.1. The molecule has 1 aromatic rings. The van der Waals surface area contributed by atoms with Gasteiger partial charge in [0.25, 0.3) is 5.91 Å². The molecule has 2 rings (SSSR count). The first-order valence-corrected chi connectivity index (χ1v) is 6.96. The number of pyridine rings is 1. The van der Waals surface area contributed by atoms with E-state index in [4.69, 9.17) is 5.73 Å². The van der Waals surface area contributed by atoms with Gasteiger partial charge in [0.1, 0.15) is 5.56 Å². The number of aromatic nitrogens is 1. The van der Waals surface area contributed by atoms with Crippen molar-refractivity contribution in [2.24, 2.45) is 5.73 Å². The SMILES string of the molecule is Cc1cc(=O)c(C(=O)N2CCCN(CC(N)=O)CC2)c[nH]1. The molecule has 114 valence electrons. The summed E-state index contributed by atoms with van der Waals surface area (Å²) in [4.78, 5) is 41.7. The van der Waals surface area contributed by atoms with Gasteiger partial charge in [0.15, 0.2) is 5.43 Å². The molecule has 1 aromatic heterocycles. The van der Waals surface area contributed by atoms with E-state index in [0.717, 1.165) is 18.7 Å². The largest absolute Gasteiger partial charge is 0.369 e. The first kappa shape index (κ1) is 15.2. The molecule has 0 spiro atoms. The van der Waals surface area contributed by atoms with E-state index in [1.54, 1.807) is 11.8 Å². The highest BCUT2D eigenvalue weighted by Crippen LogP contribution is 2.06. The van der Waals surface area contributed by atoms with Gasteiger partial charge in [-0.15, -0.1) is 0 Å². The van der Waals surface area contributed by atoms with Gasteiger partial charge in [-0.3, -0.25) is 19.3 Å². The summed E-state index contributed by atoms with van der Waals surface area (Å²) in [5.74, 6) is -0.637. The number of rotatable bonds is 3. The number of amides is 2. The van der Waals surface area contributed by atoms with E-state index in [1.807, 2.05) is 4.90 Å². The van der Waals surface area contributed by atoms with Gasteiger partial charge < -0.3 is 15.6 Å². The number of nitrogens with two attached hydrogens (primary N) is 1. The predicted octanol–water partition coefficient (Wildman–Crippen LogP) is -0.683. The van der Waals surface area contributed by atoms with Crippen molar-refractivity contribution < 1.29 is 9.59 Å². The van der Waals surface area contributed by atoms with E-state index in [-0.39, 0.29) is 29.4 Å². The van der Waals surface area contributed by atoms with Crippen LogP contribution in [0.4, 0.5) is 0 Å². The van der Waals surface area contributed by atoms with Crippen LogP contribution in [0.3, 0.4) is 0 Å². The van der Waals surface area contributed by atoms with Crippen LogP contribution >= 0.6 is 0 Å². The van der Waals surface area contributed by atoms with Gasteiger partial charge in [0, 0.05) is 44.1 Å². The van der Waals surface area contributed by atoms with Crippen molar-refractivity contribution >= 4 is 11.8 Å². The minimum atomic E-state index is -0.371. The molecular formula is C14H20N4O3. The number of hydrogen-bond acceptors (Lipinski definition) is 4. The van der Waals surface area contributed by atoms with Gasteiger partial charge >= 0.3 is 0 Å². The first-order chi connectivity index (χ1) is 9.97. The Bertz CT molecular complexity index is 596. The second-order valence-electron chi connectivity index (χ2n) is 5.28. The molecule has 2 amide bonds. The third-order valence-electron chi connectivity index (χ3n) is 3.54. The Morgan fingerprint density at radius 2 is 2.05 bits per heavy atom. The van der Waals surface area contributed by atoms with Crippen molar-refractivity contribution in [3.8, 4) is 0 Å². The second kappa shape index (κ2) is 6.53. The number of carbonyl (C=O) groups is 2. The van der Waals surface area contributed by atoms with Gasteiger partial charge in [-0.2, -0.15) is 0 Å². The van der Waals surface area contributed by atoms with Crippen LogP contribution in [0.25, 0.3) is 0 Å². The van der Waals surface area contributed by atoms with Crippen LogP contribution in [0.15, 0.2) is 17.1 Å². The molecule has 1 fully saturated rings. The van der Waals surface area contributed by atoms with Gasteiger partial charge in [0.05, 0.1) is 6.54 Å². The summed E-state index contributed by atoms with van der Waals surface area (Å²) in [5, 5.41) is 0. The number of hydrogen-bond donors (Lipinski definition) is 2. The minimum Gasteiger partial charge on any atom is -0.369 e. The van der Waals surface area contributed by atoms with E-state index in [9.17, 15) is 14.4 Å². The van der Waals surface area contributed by atoms with E-state index >= 15 is 0 Å². The Morgan fingerprint density at radius 3 is 2.71 bits per heavy atom. The summed E-state index contributed by atoms with van der Waals surface area (Å²) < 4.78 is 0. The highest BCUT2D eigenvalue weighted by molar-refractivity contribution is 5.93. The Hall–Kier alpha value is -2.15. The molecule has 7 nitrogen and oxygen atoms in total. The third kappa shape index (κ3) is 3.91. The molecule has 0 radical (unpaired) electrons. The molecule has 1 aliphatic rings. The van der Waals surface area contributed by atoms with Crippen LogP contribution in [-0.2, 0) is 4.79 Å². The van der Waals surface area contributed by atoms with Crippen LogP contribution in [0.1, 0.15) is 22.5 Å². The van der Waals surface area contributed by atoms with Crippen LogP contribution < -0.4 is 11.2 Å². The predicted molar refractivity (Wildman–Crippen MR) is 78.0 cm³/mol. The Morgan fingerprint density at radius 1 is 1.29 bits per heavy atom. The molecule has 0 atom stereocenters. The van der Waals surface area contributed by atoms with Crippen molar-refractivity contribution in [3.63, 3.8) is 0 Å². The lowest BCUT2D eigenvalue weighted by atomic mass is 10.2. The average molecular weight is 292 g/mol. The highest BCUT2D eigenvalue weighted by Gasteiger charge is 2.22. The maximum atomic E-state index is 12.4. The van der Waals surface area contributed by atoms with Gasteiger partial charge in [-0.25, -0.2) is 0 Å². The highest BCUT2D eigenvalue weighted by atomic mass is 16.2. The van der Waals surface area contributed by atoms with Crippen LogP contribution in [0, 0.1) is 6.92 Å². The Balaban J connectivity index is 2.06. The number of aryl methyl sites for hydroxylation is 1. The molecule has 0 aliphatic carbocycles. The first-order valence-electron chi connectivity index (χ1n) is 6.96. The van der Waals surface area contributed by atoms with Gasteiger partial charge in [0.2, 0.25) is 5.91 Å². The van der Waals surface area contributed by atoms with E-state index in [0.29, 0.717) is 19.6 Å². The number of primary amides is 1. The summed E-state index contributed by atoms with van der Waals surface area (Å²) >= 11 is 0. The number of carbonyl (C=O) groups excluding carboxylic acids is 2. The molecule has 7 heteroatoms. The average Bonchev–Trinajstić information content (AvgIpc) is 2.63. The monoisotopic (exact) mass is 292 g/mol. The fourth-order valence-corrected chi connectivity index (χ4v) is 2.46. The van der Waals surface area contributed by atoms with Gasteiger partial charge in [-0.05, 0) is 13.3 Å². The fourth-order valence-electron chi connectivity index (χ4n) is 2.46. The van der Waals surface area contributed by atoms with E-state index < -0.39 is 0 Å². The second-order valence-corrected chi connectivity index (χ2v) is 5.28. The zero-order chi connectivity index (χ0) is 15.4. The van der Waals surface area contributed by atoms with Crippen molar-refractivity contribution in [2.45, 2.75) is 13.3 Å². The van der Waals surface area contributed by atoms with E-state index in [1.165, 1.54) is 12.3 Å². The van der Waals surface area contributed by atoms with Crippen LogP contribution in [0.5, 0.6) is 0 Å². The van der Waals surface area contributed by atoms with Crippen molar-refractivity contribution in [3.05, 3.63) is 33.7 Å². The van der Waals surface area contributed by atoms with Crippen LogP contribution in [0.2, 0.25) is 0 Å². The molecule has 1 aliphatic heterocycles. The van der Waals surface area contributed by atoms with Crippen molar-refractivity contribution in [2.75, 3.05) is 32.7 Å². The molecular weight excluding hydrogens is 272 g/mol.